The topological polar surface area (TPSA) is 85.6 Å². The van der Waals surface area contributed by atoms with Crippen molar-refractivity contribution in [2.75, 3.05) is 11.9 Å². The summed E-state index contributed by atoms with van der Waals surface area (Å²) < 4.78 is 8.76. The zero-order valence-corrected chi connectivity index (χ0v) is 24.2. The van der Waals surface area contributed by atoms with E-state index in [1.54, 1.807) is 18.3 Å². The molecule has 1 heterocycles. The summed E-state index contributed by atoms with van der Waals surface area (Å²) in [7, 11) is 0. The molecule has 0 saturated heterocycles. The van der Waals surface area contributed by atoms with Crippen LogP contribution in [0.1, 0.15) is 36.7 Å². The molecular weight excluding hydrogens is 647 g/mol. The number of unbranched alkanes of at least 4 members (excludes halogenated alkanes) is 1. The molecule has 9 heteroatoms. The Morgan fingerprint density at radius 2 is 2.00 bits per heavy atom. The van der Waals surface area contributed by atoms with Crippen LogP contribution in [0.5, 0.6) is 5.75 Å². The van der Waals surface area contributed by atoms with Crippen molar-refractivity contribution in [3.8, 4) is 5.75 Å². The Hall–Kier alpha value is -3.05. The Morgan fingerprint density at radius 3 is 2.76 bits per heavy atom. The van der Waals surface area contributed by atoms with E-state index in [2.05, 4.69) is 55.9 Å². The van der Waals surface area contributed by atoms with Crippen LogP contribution in [0.3, 0.4) is 0 Å². The number of aryl methyl sites for hydroxylation is 2. The maximum Gasteiger partial charge on any atom is 0.282 e. The highest BCUT2D eigenvalue weighted by Crippen LogP contribution is 2.22. The van der Waals surface area contributed by atoms with Gasteiger partial charge in [0, 0.05) is 16.6 Å². The van der Waals surface area contributed by atoms with Gasteiger partial charge in [-0.2, -0.15) is 9.78 Å². The molecule has 0 aliphatic rings. The fourth-order valence-corrected chi connectivity index (χ4v) is 4.75. The second-order valence-electron chi connectivity index (χ2n) is 8.50. The zero-order valence-electron chi connectivity index (χ0n) is 20.5. The maximum absolute atomic E-state index is 13.2. The van der Waals surface area contributed by atoms with E-state index in [4.69, 9.17) is 9.72 Å². The summed E-state index contributed by atoms with van der Waals surface area (Å²) in [5.74, 6) is 0.994. The second kappa shape index (κ2) is 12.5. The average molecular weight is 673 g/mol. The van der Waals surface area contributed by atoms with Gasteiger partial charge < -0.3 is 10.1 Å². The van der Waals surface area contributed by atoms with E-state index in [0.29, 0.717) is 28.9 Å². The Bertz CT molecular complexity index is 1530. The fourth-order valence-electron chi connectivity index (χ4n) is 3.69. The van der Waals surface area contributed by atoms with Crippen molar-refractivity contribution in [2.24, 2.45) is 5.10 Å². The van der Waals surface area contributed by atoms with Gasteiger partial charge in [-0.05, 0) is 89.5 Å². The first-order chi connectivity index (χ1) is 17.9. The van der Waals surface area contributed by atoms with Crippen LogP contribution < -0.4 is 15.6 Å². The highest BCUT2D eigenvalue weighted by atomic mass is 127. The van der Waals surface area contributed by atoms with Crippen LogP contribution >= 0.6 is 38.5 Å². The third-order valence-corrected chi connectivity index (χ3v) is 7.02. The van der Waals surface area contributed by atoms with Crippen molar-refractivity contribution in [2.45, 2.75) is 33.1 Å². The van der Waals surface area contributed by atoms with E-state index >= 15 is 0 Å². The number of nitrogens with zero attached hydrogens (tertiary/aromatic N) is 3. The molecule has 3 aromatic carbocycles. The first-order valence-electron chi connectivity index (χ1n) is 11.9. The lowest BCUT2D eigenvalue weighted by atomic mass is 10.2. The minimum Gasteiger partial charge on any atom is -0.483 e. The van der Waals surface area contributed by atoms with E-state index in [-0.39, 0.29) is 18.1 Å². The minimum atomic E-state index is -0.231. The van der Waals surface area contributed by atoms with Crippen molar-refractivity contribution >= 4 is 67.2 Å². The SMILES string of the molecule is CCCCc1nc2ccc(Br)cc2c(=O)n1N=Cc1ccc(OCC(=O)Nc2ccccc2C)c(I)c1. The molecule has 0 unspecified atom stereocenters. The van der Waals surface area contributed by atoms with Crippen molar-refractivity contribution < 1.29 is 9.53 Å². The molecule has 0 aliphatic heterocycles. The van der Waals surface area contributed by atoms with Crippen LogP contribution in [0.25, 0.3) is 10.9 Å². The molecule has 0 aliphatic carbocycles. The predicted molar refractivity (Wildman–Crippen MR) is 160 cm³/mol. The van der Waals surface area contributed by atoms with E-state index in [1.807, 2.05) is 55.5 Å². The lowest BCUT2D eigenvalue weighted by Crippen LogP contribution is -2.22. The standard InChI is InChI=1S/C28H26BrIN4O3/c1-3-4-9-26-32-24-12-11-20(29)15-21(24)28(36)34(26)31-16-19-10-13-25(22(30)14-19)37-17-27(35)33-23-8-6-5-7-18(23)2/h5-8,10-16H,3-4,9,17H2,1-2H3,(H,33,35). The first-order valence-corrected chi connectivity index (χ1v) is 13.8. The van der Waals surface area contributed by atoms with Gasteiger partial charge in [0.2, 0.25) is 0 Å². The van der Waals surface area contributed by atoms with Gasteiger partial charge >= 0.3 is 0 Å². The Balaban J connectivity index is 1.51. The van der Waals surface area contributed by atoms with Crippen molar-refractivity contribution in [3.05, 3.63) is 96.0 Å². The summed E-state index contributed by atoms with van der Waals surface area (Å²) in [6.45, 7) is 3.93. The highest BCUT2D eigenvalue weighted by Gasteiger charge is 2.12. The summed E-state index contributed by atoms with van der Waals surface area (Å²) in [5, 5.41) is 7.87. The van der Waals surface area contributed by atoms with E-state index in [9.17, 15) is 9.59 Å². The third kappa shape index (κ3) is 6.84. The maximum atomic E-state index is 13.2. The van der Waals surface area contributed by atoms with Gasteiger partial charge in [-0.25, -0.2) is 4.98 Å². The summed E-state index contributed by atoms with van der Waals surface area (Å²) >= 11 is 5.59. The number of para-hydroxylation sites is 1. The Morgan fingerprint density at radius 1 is 1.19 bits per heavy atom. The van der Waals surface area contributed by atoms with Crippen LogP contribution in [-0.2, 0) is 11.2 Å². The third-order valence-electron chi connectivity index (χ3n) is 5.69. The van der Waals surface area contributed by atoms with Gasteiger partial charge in [-0.15, -0.1) is 0 Å². The van der Waals surface area contributed by atoms with Gasteiger partial charge in [0.15, 0.2) is 6.61 Å². The summed E-state index contributed by atoms with van der Waals surface area (Å²) in [5.41, 5.74) is 3.00. The number of benzene rings is 3. The summed E-state index contributed by atoms with van der Waals surface area (Å²) in [4.78, 5) is 30.3. The van der Waals surface area contributed by atoms with Gasteiger partial charge in [0.05, 0.1) is 20.7 Å². The summed E-state index contributed by atoms with van der Waals surface area (Å²) in [6, 6.07) is 18.6. The molecule has 1 N–H and O–H groups in total. The molecule has 190 valence electrons. The smallest absolute Gasteiger partial charge is 0.282 e. The lowest BCUT2D eigenvalue weighted by molar-refractivity contribution is -0.118. The van der Waals surface area contributed by atoms with E-state index in [0.717, 1.165) is 37.7 Å². The van der Waals surface area contributed by atoms with Crippen molar-refractivity contribution in [1.29, 1.82) is 0 Å². The van der Waals surface area contributed by atoms with Crippen LogP contribution in [0.2, 0.25) is 0 Å². The van der Waals surface area contributed by atoms with Gasteiger partial charge in [-0.1, -0.05) is 47.5 Å². The highest BCUT2D eigenvalue weighted by molar-refractivity contribution is 14.1. The fraction of sp³-hybridized carbons (Fsp3) is 0.214. The monoisotopic (exact) mass is 672 g/mol. The second-order valence-corrected chi connectivity index (χ2v) is 10.6. The molecule has 0 fully saturated rings. The molecule has 1 aromatic heterocycles. The van der Waals surface area contributed by atoms with Crippen LogP contribution in [0.15, 0.2) is 75.0 Å². The number of amides is 1. The number of fused-ring (bicyclic) bond motifs is 1. The van der Waals surface area contributed by atoms with E-state index in [1.165, 1.54) is 4.68 Å². The number of ether oxygens (including phenoxy) is 1. The van der Waals surface area contributed by atoms with Gasteiger partial charge in [-0.3, -0.25) is 9.59 Å². The predicted octanol–water partition coefficient (Wildman–Crippen LogP) is 6.31. The number of rotatable bonds is 9. The normalized spacial score (nSPS) is 11.2. The van der Waals surface area contributed by atoms with Crippen molar-refractivity contribution in [1.82, 2.24) is 9.66 Å². The molecule has 7 nitrogen and oxygen atoms in total. The summed E-state index contributed by atoms with van der Waals surface area (Å²) in [6.07, 6.45) is 4.19. The minimum absolute atomic E-state index is 0.105. The number of aromatic nitrogens is 2. The molecule has 0 spiro atoms. The molecule has 4 rings (SSSR count). The first kappa shape index (κ1) is 27.0. The number of hydrogen-bond donors (Lipinski definition) is 1. The molecule has 0 radical (unpaired) electrons. The Kier molecular flexibility index (Phi) is 9.09. The number of nitrogens with one attached hydrogen (secondary N) is 1. The van der Waals surface area contributed by atoms with Gasteiger partial charge in [0.1, 0.15) is 11.6 Å². The van der Waals surface area contributed by atoms with Crippen LogP contribution in [0, 0.1) is 10.5 Å². The quantitative estimate of drug-likeness (QED) is 0.167. The molecule has 0 saturated carbocycles. The number of halogens is 2. The molecule has 1 amide bonds. The average Bonchev–Trinajstić information content (AvgIpc) is 2.88. The molecule has 4 aromatic rings. The molecule has 0 atom stereocenters. The number of carbonyl (C=O) groups is 1. The van der Waals surface area contributed by atoms with Crippen molar-refractivity contribution in [3.63, 3.8) is 0 Å². The Labute approximate surface area is 237 Å². The molecule has 37 heavy (non-hydrogen) atoms. The largest absolute Gasteiger partial charge is 0.483 e. The van der Waals surface area contributed by atoms with Crippen LogP contribution in [0.4, 0.5) is 5.69 Å². The van der Waals surface area contributed by atoms with Gasteiger partial charge in [0.25, 0.3) is 11.5 Å². The molecule has 0 bridgehead atoms. The number of hydrogen-bond acceptors (Lipinski definition) is 5. The molecular formula is C28H26BrIN4O3. The van der Waals surface area contributed by atoms with E-state index < -0.39 is 0 Å². The number of carbonyl (C=O) groups excluding carboxylic acids is 1. The lowest BCUT2D eigenvalue weighted by Gasteiger charge is -2.11. The number of anilines is 1. The zero-order chi connectivity index (χ0) is 26.4. The van der Waals surface area contributed by atoms with Crippen LogP contribution in [-0.4, -0.2) is 28.4 Å².